The minimum atomic E-state index is -0.314. The van der Waals surface area contributed by atoms with E-state index in [9.17, 15) is 4.79 Å². The van der Waals surface area contributed by atoms with Crippen LogP contribution in [0.25, 0.3) is 0 Å². The van der Waals surface area contributed by atoms with Crippen LogP contribution in [0.1, 0.15) is 11.3 Å². The Morgan fingerprint density at radius 1 is 0.935 bits per heavy atom. The summed E-state index contributed by atoms with van der Waals surface area (Å²) < 4.78 is 11.2. The summed E-state index contributed by atoms with van der Waals surface area (Å²) in [4.78, 5) is 25.0. The second-order valence-corrected chi connectivity index (χ2v) is 7.40. The molecule has 1 aromatic carbocycles. The van der Waals surface area contributed by atoms with Crippen LogP contribution in [0.3, 0.4) is 0 Å². The van der Waals surface area contributed by atoms with E-state index in [1.807, 2.05) is 61.5 Å². The molecule has 1 fully saturated rings. The van der Waals surface area contributed by atoms with Crippen LogP contribution in [-0.4, -0.2) is 53.7 Å². The van der Waals surface area contributed by atoms with Crippen molar-refractivity contribution in [2.45, 2.75) is 13.3 Å². The molecule has 1 saturated heterocycles. The molecule has 160 valence electrons. The molecule has 0 atom stereocenters. The summed E-state index contributed by atoms with van der Waals surface area (Å²) in [5.74, 6) is 2.31. The lowest BCUT2D eigenvalue weighted by Gasteiger charge is -2.34. The molecule has 1 aliphatic heterocycles. The Morgan fingerprint density at radius 3 is 2.39 bits per heavy atom. The number of hydrogen-bond donors (Lipinski definition) is 0. The molecule has 7 heteroatoms. The van der Waals surface area contributed by atoms with E-state index in [-0.39, 0.29) is 6.09 Å². The Morgan fingerprint density at radius 2 is 1.68 bits per heavy atom. The fraction of sp³-hybridized carbons (Fsp3) is 0.292. The van der Waals surface area contributed by atoms with E-state index < -0.39 is 0 Å². The zero-order valence-corrected chi connectivity index (χ0v) is 17.6. The van der Waals surface area contributed by atoms with Crippen LogP contribution < -0.4 is 14.4 Å². The van der Waals surface area contributed by atoms with Gasteiger partial charge >= 0.3 is 6.09 Å². The number of anilines is 1. The molecule has 0 N–H and O–H groups in total. The molecule has 0 unspecified atom stereocenters. The molecule has 4 rings (SSSR count). The third-order valence-electron chi connectivity index (χ3n) is 5.17. The van der Waals surface area contributed by atoms with Crippen LogP contribution in [0.4, 0.5) is 10.6 Å². The summed E-state index contributed by atoms with van der Waals surface area (Å²) in [6.07, 6.45) is 3.87. The summed E-state index contributed by atoms with van der Waals surface area (Å²) >= 11 is 0. The van der Waals surface area contributed by atoms with Crippen molar-refractivity contribution < 1.29 is 14.3 Å². The van der Waals surface area contributed by atoms with Gasteiger partial charge in [0, 0.05) is 50.7 Å². The highest BCUT2D eigenvalue weighted by molar-refractivity contribution is 5.71. The van der Waals surface area contributed by atoms with Gasteiger partial charge in [-0.1, -0.05) is 18.2 Å². The highest BCUT2D eigenvalue weighted by Gasteiger charge is 2.23. The van der Waals surface area contributed by atoms with Crippen LogP contribution >= 0.6 is 0 Å². The molecule has 0 spiro atoms. The number of piperazine rings is 1. The van der Waals surface area contributed by atoms with Gasteiger partial charge in [-0.2, -0.15) is 0 Å². The zero-order valence-electron chi connectivity index (χ0n) is 17.6. The first kappa shape index (κ1) is 20.7. The summed E-state index contributed by atoms with van der Waals surface area (Å²) in [6, 6.07) is 17.2. The number of nitrogens with zero attached hydrogens (tertiary/aromatic N) is 4. The summed E-state index contributed by atoms with van der Waals surface area (Å²) in [5.41, 5.74) is 2.11. The first-order valence-electron chi connectivity index (χ1n) is 10.4. The minimum absolute atomic E-state index is 0.314. The van der Waals surface area contributed by atoms with Crippen LogP contribution in [0.2, 0.25) is 0 Å². The quantitative estimate of drug-likeness (QED) is 0.608. The van der Waals surface area contributed by atoms with E-state index in [2.05, 4.69) is 14.9 Å². The van der Waals surface area contributed by atoms with E-state index in [0.29, 0.717) is 25.4 Å². The van der Waals surface area contributed by atoms with Gasteiger partial charge in [-0.05, 0) is 48.9 Å². The van der Waals surface area contributed by atoms with Gasteiger partial charge in [-0.3, -0.25) is 4.98 Å². The molecule has 31 heavy (non-hydrogen) atoms. The minimum Gasteiger partial charge on any atom is -0.493 e. The normalized spacial score (nSPS) is 13.7. The van der Waals surface area contributed by atoms with E-state index >= 15 is 0 Å². The maximum atomic E-state index is 12.5. The Labute approximate surface area is 182 Å². The van der Waals surface area contributed by atoms with Gasteiger partial charge in [-0.15, -0.1) is 0 Å². The highest BCUT2D eigenvalue weighted by atomic mass is 16.6. The van der Waals surface area contributed by atoms with Crippen molar-refractivity contribution in [3.8, 4) is 11.5 Å². The smallest absolute Gasteiger partial charge is 0.415 e. The molecule has 0 saturated carbocycles. The largest absolute Gasteiger partial charge is 0.493 e. The van der Waals surface area contributed by atoms with Crippen molar-refractivity contribution >= 4 is 11.9 Å². The number of hydrogen-bond acceptors (Lipinski definition) is 6. The zero-order chi connectivity index (χ0) is 21.5. The topological polar surface area (TPSA) is 67.8 Å². The lowest BCUT2D eigenvalue weighted by molar-refractivity contribution is 0.149. The lowest BCUT2D eigenvalue weighted by atomic mass is 10.1. The number of ether oxygens (including phenoxy) is 2. The van der Waals surface area contributed by atoms with Gasteiger partial charge in [0.15, 0.2) is 0 Å². The van der Waals surface area contributed by atoms with Crippen molar-refractivity contribution in [1.82, 2.24) is 14.9 Å². The van der Waals surface area contributed by atoms with E-state index in [1.165, 1.54) is 0 Å². The Kier molecular flexibility index (Phi) is 6.62. The third kappa shape index (κ3) is 5.72. The Bertz CT molecular complexity index is 987. The van der Waals surface area contributed by atoms with Gasteiger partial charge in [0.25, 0.3) is 0 Å². The molecule has 7 nitrogen and oxygen atoms in total. The van der Waals surface area contributed by atoms with Gasteiger partial charge in [0.05, 0.1) is 6.61 Å². The molecule has 0 aliphatic carbocycles. The number of aryl methyl sites for hydroxylation is 1. The average molecular weight is 418 g/mol. The predicted octanol–water partition coefficient (Wildman–Crippen LogP) is 3.73. The number of carbonyl (C=O) groups excluding carboxylic acids is 1. The molecule has 0 bridgehead atoms. The van der Waals surface area contributed by atoms with Crippen molar-refractivity contribution in [2.75, 3.05) is 37.7 Å². The molecule has 0 radical (unpaired) electrons. The fourth-order valence-electron chi connectivity index (χ4n) is 3.43. The van der Waals surface area contributed by atoms with Crippen LogP contribution in [0, 0.1) is 6.92 Å². The molecular weight excluding hydrogens is 392 g/mol. The van der Waals surface area contributed by atoms with Gasteiger partial charge < -0.3 is 19.3 Å². The van der Waals surface area contributed by atoms with E-state index in [0.717, 1.165) is 42.3 Å². The Hall–Kier alpha value is -3.61. The number of pyridine rings is 2. The number of aromatic nitrogens is 2. The monoisotopic (exact) mass is 418 g/mol. The summed E-state index contributed by atoms with van der Waals surface area (Å²) in [7, 11) is 0. The second-order valence-electron chi connectivity index (χ2n) is 7.40. The standard InChI is InChI=1S/C24H26N4O3/c1-19-3-2-4-23(26-19)27-14-16-28(17-15-27)24(29)31-22-7-5-20(6-8-22)11-18-30-21-9-12-25-13-10-21/h2-10,12-13H,11,14-18H2,1H3. The second kappa shape index (κ2) is 9.93. The first-order chi connectivity index (χ1) is 15.2. The Balaban J connectivity index is 1.22. The fourth-order valence-corrected chi connectivity index (χ4v) is 3.43. The van der Waals surface area contributed by atoms with Crippen molar-refractivity contribution in [3.63, 3.8) is 0 Å². The summed E-state index contributed by atoms with van der Waals surface area (Å²) in [6.45, 7) is 5.25. The molecule has 1 aliphatic rings. The van der Waals surface area contributed by atoms with Crippen LogP contribution in [0.15, 0.2) is 67.0 Å². The summed E-state index contributed by atoms with van der Waals surface area (Å²) in [5, 5.41) is 0. The number of carbonyl (C=O) groups is 1. The number of benzene rings is 1. The highest BCUT2D eigenvalue weighted by Crippen LogP contribution is 2.17. The van der Waals surface area contributed by atoms with E-state index in [1.54, 1.807) is 17.3 Å². The average Bonchev–Trinajstić information content (AvgIpc) is 2.81. The maximum Gasteiger partial charge on any atom is 0.415 e. The van der Waals surface area contributed by atoms with Crippen LogP contribution in [-0.2, 0) is 6.42 Å². The lowest BCUT2D eigenvalue weighted by Crippen LogP contribution is -2.49. The van der Waals surface area contributed by atoms with Gasteiger partial charge in [0.1, 0.15) is 17.3 Å². The molecular formula is C24H26N4O3. The van der Waals surface area contributed by atoms with Crippen molar-refractivity contribution in [1.29, 1.82) is 0 Å². The SMILES string of the molecule is Cc1cccc(N2CCN(C(=O)Oc3ccc(CCOc4ccncc4)cc3)CC2)n1. The molecule has 3 heterocycles. The van der Waals surface area contributed by atoms with Crippen molar-refractivity contribution in [3.05, 3.63) is 78.2 Å². The van der Waals surface area contributed by atoms with Gasteiger partial charge in [-0.25, -0.2) is 9.78 Å². The third-order valence-corrected chi connectivity index (χ3v) is 5.17. The van der Waals surface area contributed by atoms with E-state index in [4.69, 9.17) is 9.47 Å². The molecule has 2 aromatic heterocycles. The van der Waals surface area contributed by atoms with Crippen molar-refractivity contribution in [2.24, 2.45) is 0 Å². The van der Waals surface area contributed by atoms with Gasteiger partial charge in [0.2, 0.25) is 0 Å². The molecule has 3 aromatic rings. The predicted molar refractivity (Wildman–Crippen MR) is 119 cm³/mol. The number of amides is 1. The van der Waals surface area contributed by atoms with Crippen LogP contribution in [0.5, 0.6) is 11.5 Å². The molecule has 1 amide bonds. The maximum absolute atomic E-state index is 12.5. The first-order valence-corrected chi connectivity index (χ1v) is 10.4. The number of rotatable bonds is 6.